The third-order valence-electron chi connectivity index (χ3n) is 10.4. The van der Waals surface area contributed by atoms with E-state index < -0.39 is 59.8 Å². The molecule has 4 aromatic carbocycles. The van der Waals surface area contributed by atoms with E-state index in [1.165, 1.54) is 0 Å². The minimum Gasteiger partial charge on any atom is -0.465 e. The fourth-order valence-electron chi connectivity index (χ4n) is 7.58. The number of carbonyl (C=O) groups excluding carboxylic acids is 4. The number of amides is 2. The number of carbonyl (C=O) groups is 4. The van der Waals surface area contributed by atoms with Gasteiger partial charge in [-0.25, -0.2) is 10.0 Å². The number of benzene rings is 4. The first-order chi connectivity index (χ1) is 27.0. The molecule has 2 N–H and O–H groups in total. The molecule has 0 saturated carbocycles. The number of hydrogen-bond acceptors (Lipinski definition) is 8. The molecule has 2 aliphatic heterocycles. The van der Waals surface area contributed by atoms with E-state index >= 15 is 0 Å². The van der Waals surface area contributed by atoms with Gasteiger partial charge in [-0.3, -0.25) is 19.2 Å². The lowest BCUT2D eigenvalue weighted by Gasteiger charge is -2.33. The van der Waals surface area contributed by atoms with Crippen LogP contribution in [-0.2, 0) is 28.7 Å². The predicted octanol–water partition coefficient (Wildman–Crippen LogP) is 8.87. The van der Waals surface area contributed by atoms with Gasteiger partial charge in [0, 0.05) is 21.4 Å². The average molecular weight is 800 g/mol. The SMILES string of the molecule is CCCCOC(=O)[C@@H]1[C@H](C(=O)Nc2ccc(Cl)cc2)N2[C@H](c3ccc(C)cc3)[C@H](C(=O)Nc3ccc(Cl)cc3)[C@@H](C(=O)OCCCC)N2[C@H]1c1ccc(C)cc1. The van der Waals surface area contributed by atoms with Crippen LogP contribution in [0.1, 0.15) is 73.9 Å². The predicted molar refractivity (Wildman–Crippen MR) is 218 cm³/mol. The van der Waals surface area contributed by atoms with Gasteiger partial charge in [0.1, 0.15) is 18.0 Å². The highest BCUT2D eigenvalue weighted by atomic mass is 35.5. The molecule has 2 amide bonds. The van der Waals surface area contributed by atoms with E-state index in [1.807, 2.05) is 76.2 Å². The van der Waals surface area contributed by atoms with Crippen LogP contribution in [0.4, 0.5) is 11.4 Å². The lowest BCUT2D eigenvalue weighted by atomic mass is 9.81. The van der Waals surface area contributed by atoms with Crippen molar-refractivity contribution in [2.45, 2.75) is 77.5 Å². The van der Waals surface area contributed by atoms with E-state index in [0.29, 0.717) is 45.4 Å². The third-order valence-corrected chi connectivity index (χ3v) is 10.9. The van der Waals surface area contributed by atoms with Gasteiger partial charge in [0.2, 0.25) is 11.8 Å². The zero-order valence-corrected chi connectivity index (χ0v) is 33.6. The molecule has 0 aliphatic carbocycles. The molecule has 0 aromatic heterocycles. The first-order valence-electron chi connectivity index (χ1n) is 19.2. The Morgan fingerprint density at radius 2 is 0.964 bits per heavy atom. The summed E-state index contributed by atoms with van der Waals surface area (Å²) < 4.78 is 11.9. The van der Waals surface area contributed by atoms with Crippen LogP contribution in [0.5, 0.6) is 0 Å². The van der Waals surface area contributed by atoms with Crippen LogP contribution in [0.2, 0.25) is 10.0 Å². The van der Waals surface area contributed by atoms with Gasteiger partial charge in [-0.05, 0) is 86.3 Å². The standard InChI is InChI=1S/C44H48Cl2N4O6/c1-5-7-25-55-43(53)36-38(30-15-11-28(4)12-16-30)50-40(44(54)56-26-8-6-2)35(41(51)47-33-21-17-31(45)18-22-33)37(29-13-9-27(3)10-14-29)49(50)39(36)42(52)48-34-23-19-32(46)20-24-34/h9-24,35-40H,5-8,25-26H2,1-4H3,(H,47,51)(H,48,52)/t35-,36-,37+,38-,39+,40-/m0/s1. The maximum atomic E-state index is 15.0. The molecule has 56 heavy (non-hydrogen) atoms. The molecule has 2 fully saturated rings. The van der Waals surface area contributed by atoms with Gasteiger partial charge in [0.15, 0.2) is 0 Å². The van der Waals surface area contributed by atoms with E-state index in [4.69, 9.17) is 32.7 Å². The first kappa shape index (κ1) is 40.9. The lowest BCUT2D eigenvalue weighted by molar-refractivity contribution is -0.158. The minimum atomic E-state index is -1.25. The summed E-state index contributed by atoms with van der Waals surface area (Å²) in [5, 5.41) is 10.5. The maximum absolute atomic E-state index is 15.0. The van der Waals surface area contributed by atoms with Gasteiger partial charge >= 0.3 is 11.9 Å². The highest BCUT2D eigenvalue weighted by Gasteiger charge is 2.68. The number of hydrazine groups is 1. The molecule has 10 nitrogen and oxygen atoms in total. The van der Waals surface area contributed by atoms with Crippen LogP contribution in [0, 0.1) is 25.7 Å². The molecule has 0 radical (unpaired) electrons. The Hall–Kier alpha value is -4.74. The summed E-state index contributed by atoms with van der Waals surface area (Å²) in [6.07, 6.45) is 2.83. The normalized spacial score (nSPS) is 22.0. The molecule has 0 spiro atoms. The van der Waals surface area contributed by atoms with Crippen LogP contribution >= 0.6 is 23.2 Å². The topological polar surface area (TPSA) is 117 Å². The van der Waals surface area contributed by atoms with Crippen LogP contribution in [-0.4, -0.2) is 59.1 Å². The van der Waals surface area contributed by atoms with E-state index in [-0.39, 0.29) is 13.2 Å². The highest BCUT2D eigenvalue weighted by molar-refractivity contribution is 6.31. The van der Waals surface area contributed by atoms with Crippen LogP contribution in [0.15, 0.2) is 97.1 Å². The van der Waals surface area contributed by atoms with Crippen molar-refractivity contribution in [3.05, 3.63) is 129 Å². The second-order valence-electron chi connectivity index (χ2n) is 14.4. The number of aryl methyl sites for hydroxylation is 2. The summed E-state index contributed by atoms with van der Waals surface area (Å²) in [6.45, 7) is 8.20. The number of unbranched alkanes of at least 4 members (excludes halogenated alkanes) is 2. The van der Waals surface area contributed by atoms with E-state index in [2.05, 4.69) is 10.6 Å². The van der Waals surface area contributed by atoms with Crippen molar-refractivity contribution in [2.75, 3.05) is 23.8 Å². The van der Waals surface area contributed by atoms with Crippen LogP contribution in [0.25, 0.3) is 0 Å². The summed E-state index contributed by atoms with van der Waals surface area (Å²) >= 11 is 12.4. The molecule has 294 valence electrons. The maximum Gasteiger partial charge on any atom is 0.325 e. The number of rotatable bonds is 14. The van der Waals surface area contributed by atoms with E-state index in [9.17, 15) is 19.2 Å². The van der Waals surface area contributed by atoms with Crippen molar-refractivity contribution in [3.63, 3.8) is 0 Å². The number of nitrogens with zero attached hydrogens (tertiary/aromatic N) is 2. The molecule has 0 bridgehead atoms. The Labute approximate surface area is 338 Å². The Balaban J connectivity index is 1.59. The molecule has 6 atom stereocenters. The van der Waals surface area contributed by atoms with Crippen molar-refractivity contribution >= 4 is 58.3 Å². The number of halogens is 2. The highest BCUT2D eigenvalue weighted by Crippen LogP contribution is 2.56. The summed E-state index contributed by atoms with van der Waals surface area (Å²) in [5.41, 5.74) is 4.25. The minimum absolute atomic E-state index is 0.137. The number of ether oxygens (including phenoxy) is 2. The van der Waals surface area contributed by atoms with Gasteiger partial charge in [0.05, 0.1) is 31.2 Å². The molecule has 4 aromatic rings. The van der Waals surface area contributed by atoms with Crippen molar-refractivity contribution in [3.8, 4) is 0 Å². The second kappa shape index (κ2) is 18.5. The van der Waals surface area contributed by atoms with Crippen molar-refractivity contribution < 1.29 is 28.7 Å². The monoisotopic (exact) mass is 798 g/mol. The summed E-state index contributed by atoms with van der Waals surface area (Å²) in [4.78, 5) is 59.2. The Kier molecular flexibility index (Phi) is 13.5. The van der Waals surface area contributed by atoms with Crippen LogP contribution in [0.3, 0.4) is 0 Å². The van der Waals surface area contributed by atoms with Gasteiger partial charge in [-0.1, -0.05) is 110 Å². The van der Waals surface area contributed by atoms with Gasteiger partial charge < -0.3 is 20.1 Å². The van der Waals surface area contributed by atoms with Gasteiger partial charge in [0.25, 0.3) is 0 Å². The first-order valence-corrected chi connectivity index (χ1v) is 19.9. The Bertz CT molecular complexity index is 1990. The molecule has 2 aliphatic rings. The van der Waals surface area contributed by atoms with E-state index in [0.717, 1.165) is 24.0 Å². The molecular weight excluding hydrogens is 751 g/mol. The number of hydrogen-bond donors (Lipinski definition) is 2. The van der Waals surface area contributed by atoms with E-state index in [1.54, 1.807) is 58.5 Å². The zero-order chi connectivity index (χ0) is 39.9. The molecule has 2 heterocycles. The Morgan fingerprint density at radius 1 is 0.554 bits per heavy atom. The molecule has 0 unspecified atom stereocenters. The summed E-state index contributed by atoms with van der Waals surface area (Å²) in [5.74, 6) is -4.44. The largest absolute Gasteiger partial charge is 0.465 e. The quantitative estimate of drug-likeness (QED) is 0.0961. The second-order valence-corrected chi connectivity index (χ2v) is 15.3. The third kappa shape index (κ3) is 8.94. The number of nitrogens with one attached hydrogen (secondary N) is 2. The van der Waals surface area contributed by atoms with Gasteiger partial charge in [-0.15, -0.1) is 0 Å². The van der Waals surface area contributed by atoms with Gasteiger partial charge in [-0.2, -0.15) is 0 Å². The fraction of sp³-hybridized carbons (Fsp3) is 0.364. The number of esters is 2. The zero-order valence-electron chi connectivity index (χ0n) is 32.0. The average Bonchev–Trinajstić information content (AvgIpc) is 3.71. The van der Waals surface area contributed by atoms with Crippen molar-refractivity contribution in [1.82, 2.24) is 10.0 Å². The molecule has 2 saturated heterocycles. The molecule has 12 heteroatoms. The van der Waals surface area contributed by atoms with Crippen LogP contribution < -0.4 is 10.6 Å². The summed E-state index contributed by atoms with van der Waals surface area (Å²) in [7, 11) is 0. The molecular formula is C44H48Cl2N4O6. The lowest BCUT2D eigenvalue weighted by Crippen LogP contribution is -2.48. The number of anilines is 2. The van der Waals surface area contributed by atoms with Crippen molar-refractivity contribution in [1.29, 1.82) is 0 Å². The fourth-order valence-corrected chi connectivity index (χ4v) is 7.83. The summed E-state index contributed by atoms with van der Waals surface area (Å²) in [6, 6.07) is 24.4. The molecule has 6 rings (SSSR count). The Morgan fingerprint density at radius 3 is 1.43 bits per heavy atom. The van der Waals surface area contributed by atoms with Crippen molar-refractivity contribution in [2.24, 2.45) is 11.8 Å². The number of fused-ring (bicyclic) bond motifs is 1. The smallest absolute Gasteiger partial charge is 0.325 e.